The number of carbonyl (C=O) groups excluding carboxylic acids is 1. The van der Waals surface area contributed by atoms with Crippen molar-refractivity contribution >= 4 is 17.7 Å². The first-order valence-corrected chi connectivity index (χ1v) is 8.99. The molecule has 1 amide bonds. The molecule has 0 aliphatic heterocycles. The summed E-state index contributed by atoms with van der Waals surface area (Å²) in [6.45, 7) is 5.55. The SMILES string of the molecule is CC(C)(C)OC(=O)NC12CC(n3cnc(-c4ccc(Cl)c(F)c4)c3)(C1)C2. The molecule has 2 bridgehead atoms. The predicted molar refractivity (Wildman–Crippen MR) is 96.6 cm³/mol. The van der Waals surface area contributed by atoms with E-state index in [9.17, 15) is 9.18 Å². The van der Waals surface area contributed by atoms with Crippen LogP contribution in [0.25, 0.3) is 11.3 Å². The maximum absolute atomic E-state index is 13.7. The lowest BCUT2D eigenvalue weighted by Gasteiger charge is -2.70. The first-order chi connectivity index (χ1) is 12.1. The third-order valence-electron chi connectivity index (χ3n) is 5.11. The molecule has 5 rings (SSSR count). The Kier molecular flexibility index (Phi) is 3.64. The van der Waals surface area contributed by atoms with Crippen molar-refractivity contribution in [2.45, 2.75) is 56.7 Å². The minimum Gasteiger partial charge on any atom is -0.444 e. The van der Waals surface area contributed by atoms with Gasteiger partial charge in [-0.2, -0.15) is 0 Å². The molecule has 3 saturated carbocycles. The Hall–Kier alpha value is -2.08. The molecular weight excluding hydrogens is 357 g/mol. The maximum atomic E-state index is 13.7. The summed E-state index contributed by atoms with van der Waals surface area (Å²) < 4.78 is 21.1. The van der Waals surface area contributed by atoms with E-state index in [1.54, 1.807) is 12.4 Å². The number of rotatable bonds is 3. The summed E-state index contributed by atoms with van der Waals surface area (Å²) in [5.41, 5.74) is 0.723. The van der Waals surface area contributed by atoms with Gasteiger partial charge in [-0.25, -0.2) is 14.2 Å². The van der Waals surface area contributed by atoms with Crippen molar-refractivity contribution in [1.29, 1.82) is 0 Å². The lowest BCUT2D eigenvalue weighted by atomic mass is 9.44. The zero-order valence-corrected chi connectivity index (χ0v) is 15.7. The summed E-state index contributed by atoms with van der Waals surface area (Å²) >= 11 is 5.74. The Morgan fingerprint density at radius 1 is 1.35 bits per heavy atom. The van der Waals surface area contributed by atoms with Crippen molar-refractivity contribution in [2.75, 3.05) is 0 Å². The number of amides is 1. The Morgan fingerprint density at radius 3 is 2.65 bits per heavy atom. The fourth-order valence-corrected chi connectivity index (χ4v) is 4.17. The highest BCUT2D eigenvalue weighted by Gasteiger charge is 2.70. The second-order valence-electron chi connectivity index (χ2n) is 8.46. The maximum Gasteiger partial charge on any atom is 0.408 e. The minimum absolute atomic E-state index is 0.00870. The van der Waals surface area contributed by atoms with Crippen LogP contribution in [0.5, 0.6) is 0 Å². The highest BCUT2D eigenvalue weighted by molar-refractivity contribution is 6.30. The van der Waals surface area contributed by atoms with Crippen molar-refractivity contribution in [3.63, 3.8) is 0 Å². The van der Waals surface area contributed by atoms with Crippen LogP contribution < -0.4 is 5.32 Å². The predicted octanol–water partition coefficient (Wildman–Crippen LogP) is 4.50. The Bertz CT molecular complexity index is 867. The number of carbonyl (C=O) groups is 1. The van der Waals surface area contributed by atoms with E-state index < -0.39 is 11.4 Å². The van der Waals surface area contributed by atoms with Gasteiger partial charge in [0.25, 0.3) is 0 Å². The van der Waals surface area contributed by atoms with Crippen LogP contribution in [0.3, 0.4) is 0 Å². The number of imidazole rings is 1. The lowest BCUT2D eigenvalue weighted by molar-refractivity contribution is -0.136. The number of nitrogens with zero attached hydrogens (tertiary/aromatic N) is 2. The largest absolute Gasteiger partial charge is 0.444 e. The molecule has 7 heteroatoms. The van der Waals surface area contributed by atoms with Crippen LogP contribution >= 0.6 is 11.6 Å². The van der Waals surface area contributed by atoms with Crippen LogP contribution in [0.1, 0.15) is 40.0 Å². The van der Waals surface area contributed by atoms with Crippen LogP contribution in [-0.2, 0) is 10.3 Å². The molecule has 0 unspecified atom stereocenters. The van der Waals surface area contributed by atoms with Crippen molar-refractivity contribution < 1.29 is 13.9 Å². The minimum atomic E-state index is -0.502. The lowest BCUT2D eigenvalue weighted by Crippen LogP contribution is -2.78. The second-order valence-corrected chi connectivity index (χ2v) is 8.86. The topological polar surface area (TPSA) is 56.1 Å². The fourth-order valence-electron chi connectivity index (χ4n) is 4.05. The molecule has 1 aromatic carbocycles. The number of alkyl carbamates (subject to hydrolysis) is 1. The third kappa shape index (κ3) is 2.86. The quantitative estimate of drug-likeness (QED) is 0.856. The van der Waals surface area contributed by atoms with Gasteiger partial charge in [-0.1, -0.05) is 17.7 Å². The van der Waals surface area contributed by atoms with E-state index in [4.69, 9.17) is 16.3 Å². The average Bonchev–Trinajstić information content (AvgIpc) is 2.92. The van der Waals surface area contributed by atoms with Gasteiger partial charge in [0.1, 0.15) is 11.4 Å². The average molecular weight is 378 g/mol. The summed E-state index contributed by atoms with van der Waals surface area (Å²) in [4.78, 5) is 16.4. The summed E-state index contributed by atoms with van der Waals surface area (Å²) in [5, 5.41) is 3.10. The van der Waals surface area contributed by atoms with Gasteiger partial charge in [0.15, 0.2) is 0 Å². The van der Waals surface area contributed by atoms with E-state index in [0.29, 0.717) is 11.3 Å². The smallest absolute Gasteiger partial charge is 0.408 e. The molecule has 0 saturated heterocycles. The number of hydrogen-bond acceptors (Lipinski definition) is 3. The number of halogens is 2. The zero-order valence-electron chi connectivity index (χ0n) is 15.0. The van der Waals surface area contributed by atoms with E-state index in [2.05, 4.69) is 14.9 Å². The Morgan fingerprint density at radius 2 is 2.04 bits per heavy atom. The van der Waals surface area contributed by atoms with Crippen molar-refractivity contribution in [3.8, 4) is 11.3 Å². The molecule has 0 atom stereocenters. The molecule has 0 spiro atoms. The number of hydrogen-bond donors (Lipinski definition) is 1. The molecule has 138 valence electrons. The van der Waals surface area contributed by atoms with Crippen LogP contribution in [0, 0.1) is 5.82 Å². The second kappa shape index (κ2) is 5.46. The molecule has 3 fully saturated rings. The van der Waals surface area contributed by atoms with Crippen LogP contribution in [-0.4, -0.2) is 26.8 Å². The molecular formula is C19H21ClFN3O2. The Balaban J connectivity index is 1.42. The molecule has 26 heavy (non-hydrogen) atoms. The summed E-state index contributed by atoms with van der Waals surface area (Å²) in [5.74, 6) is -0.454. The van der Waals surface area contributed by atoms with E-state index in [1.165, 1.54) is 12.1 Å². The molecule has 3 aliphatic rings. The number of benzene rings is 1. The fraction of sp³-hybridized carbons (Fsp3) is 0.474. The van der Waals surface area contributed by atoms with Gasteiger partial charge in [-0.15, -0.1) is 0 Å². The summed E-state index contributed by atoms with van der Waals surface area (Å²) in [7, 11) is 0. The van der Waals surface area contributed by atoms with E-state index in [-0.39, 0.29) is 22.2 Å². The highest BCUT2D eigenvalue weighted by Crippen LogP contribution is 2.65. The summed E-state index contributed by atoms with van der Waals surface area (Å²) in [6, 6.07) is 4.68. The van der Waals surface area contributed by atoms with Crippen molar-refractivity contribution in [3.05, 3.63) is 41.6 Å². The summed E-state index contributed by atoms with van der Waals surface area (Å²) in [6.07, 6.45) is 5.89. The first-order valence-electron chi connectivity index (χ1n) is 8.61. The zero-order chi connectivity index (χ0) is 18.7. The number of nitrogens with one attached hydrogen (secondary N) is 1. The van der Waals surface area contributed by atoms with Gasteiger partial charge in [0, 0.05) is 11.8 Å². The van der Waals surface area contributed by atoms with Crippen LogP contribution in [0.2, 0.25) is 5.02 Å². The van der Waals surface area contributed by atoms with Crippen LogP contribution in [0.4, 0.5) is 9.18 Å². The van der Waals surface area contributed by atoms with Gasteiger partial charge < -0.3 is 14.6 Å². The standard InChI is InChI=1S/C19H21ClFN3O2/c1-17(2,3)26-16(25)23-18-8-19(9-18,10-18)24-7-15(22-11-24)12-4-5-13(20)14(21)6-12/h4-7,11H,8-10H2,1-3H3,(H,23,25). The van der Waals surface area contributed by atoms with Gasteiger partial charge in [0.05, 0.1) is 28.1 Å². The monoisotopic (exact) mass is 377 g/mol. The molecule has 0 radical (unpaired) electrons. The van der Waals surface area contributed by atoms with Gasteiger partial charge in [-0.3, -0.25) is 0 Å². The highest BCUT2D eigenvalue weighted by atomic mass is 35.5. The molecule has 1 heterocycles. The normalized spacial score (nSPS) is 26.7. The van der Waals surface area contributed by atoms with Gasteiger partial charge in [0.2, 0.25) is 0 Å². The molecule has 1 N–H and O–H groups in total. The van der Waals surface area contributed by atoms with Gasteiger partial charge in [-0.05, 0) is 52.2 Å². The van der Waals surface area contributed by atoms with Gasteiger partial charge >= 0.3 is 6.09 Å². The van der Waals surface area contributed by atoms with E-state index >= 15 is 0 Å². The molecule has 3 aliphatic carbocycles. The number of aromatic nitrogens is 2. The van der Waals surface area contributed by atoms with Crippen LogP contribution in [0.15, 0.2) is 30.7 Å². The first kappa shape index (κ1) is 17.3. The van der Waals surface area contributed by atoms with Crippen molar-refractivity contribution in [2.24, 2.45) is 0 Å². The number of ether oxygens (including phenoxy) is 1. The molecule has 2 aromatic rings. The van der Waals surface area contributed by atoms with Crippen molar-refractivity contribution in [1.82, 2.24) is 14.9 Å². The van der Waals surface area contributed by atoms with E-state index in [0.717, 1.165) is 19.3 Å². The molecule has 1 aromatic heterocycles. The van der Waals surface area contributed by atoms with E-state index in [1.807, 2.05) is 27.0 Å². The Labute approximate surface area is 156 Å². The molecule has 5 nitrogen and oxygen atoms in total. The third-order valence-corrected chi connectivity index (χ3v) is 5.42.